The molecular weight excluding hydrogens is 294 g/mol. The normalized spacial score (nSPS) is 16.6. The molecular formula is C13H23N3O2S2. The summed E-state index contributed by atoms with van der Waals surface area (Å²) in [5.41, 5.74) is 5.84. The van der Waals surface area contributed by atoms with Gasteiger partial charge in [-0.25, -0.2) is 8.42 Å². The Labute approximate surface area is 125 Å². The van der Waals surface area contributed by atoms with E-state index in [4.69, 9.17) is 5.73 Å². The number of hydrogen-bond acceptors (Lipinski definition) is 6. The maximum absolute atomic E-state index is 12.4. The van der Waals surface area contributed by atoms with Gasteiger partial charge in [-0.15, -0.1) is 0 Å². The fourth-order valence-electron chi connectivity index (χ4n) is 1.74. The molecule has 114 valence electrons. The Morgan fingerprint density at radius 3 is 2.55 bits per heavy atom. The van der Waals surface area contributed by atoms with Crippen molar-refractivity contribution in [2.24, 2.45) is 11.3 Å². The summed E-state index contributed by atoms with van der Waals surface area (Å²) in [4.78, 5) is 0.213. The number of rotatable bonds is 6. The van der Waals surface area contributed by atoms with Gasteiger partial charge in [-0.3, -0.25) is 0 Å². The first-order chi connectivity index (χ1) is 9.16. The van der Waals surface area contributed by atoms with E-state index in [0.29, 0.717) is 17.5 Å². The van der Waals surface area contributed by atoms with Crippen LogP contribution in [0.2, 0.25) is 0 Å². The third kappa shape index (κ3) is 2.93. The van der Waals surface area contributed by atoms with Crippen molar-refractivity contribution in [1.82, 2.24) is 4.37 Å². The number of nitrogen functional groups attached to an aromatic ring is 1. The van der Waals surface area contributed by atoms with Crippen molar-refractivity contribution in [2.45, 2.75) is 50.7 Å². The summed E-state index contributed by atoms with van der Waals surface area (Å²) in [7, 11) is -3.31. The molecule has 1 fully saturated rings. The molecule has 1 aromatic heterocycles. The lowest BCUT2D eigenvalue weighted by atomic mass is 9.81. The van der Waals surface area contributed by atoms with Gasteiger partial charge in [0.2, 0.25) is 0 Å². The van der Waals surface area contributed by atoms with Crippen molar-refractivity contribution in [3.05, 3.63) is 0 Å². The Morgan fingerprint density at radius 2 is 2.05 bits per heavy atom. The largest absolute Gasteiger partial charge is 0.382 e. The van der Waals surface area contributed by atoms with Gasteiger partial charge in [-0.2, -0.15) is 4.37 Å². The minimum atomic E-state index is -3.31. The highest BCUT2D eigenvalue weighted by Crippen LogP contribution is 2.41. The van der Waals surface area contributed by atoms with Crippen LogP contribution in [0.3, 0.4) is 0 Å². The van der Waals surface area contributed by atoms with Gasteiger partial charge in [0, 0.05) is 6.54 Å². The Hall–Kier alpha value is -0.820. The number of nitrogens with two attached hydrogens (primary N) is 1. The minimum absolute atomic E-state index is 0.0688. The predicted octanol–water partition coefficient (Wildman–Crippen LogP) is 2.76. The summed E-state index contributed by atoms with van der Waals surface area (Å²) in [5.74, 6) is 0.621. The smallest absolute Gasteiger partial charge is 0.187 e. The molecule has 20 heavy (non-hydrogen) atoms. The van der Waals surface area contributed by atoms with Crippen LogP contribution in [0.15, 0.2) is 4.90 Å². The highest BCUT2D eigenvalue weighted by atomic mass is 32.2. The first kappa shape index (κ1) is 15.6. The molecule has 1 saturated carbocycles. The average Bonchev–Trinajstić information content (AvgIpc) is 3.11. The second-order valence-corrected chi connectivity index (χ2v) is 9.41. The molecule has 0 unspecified atom stereocenters. The van der Waals surface area contributed by atoms with Crippen molar-refractivity contribution in [1.29, 1.82) is 0 Å². The SMILES string of the molecule is CC(C)C(C)(C)CNc1snc(N)c1S(=O)(=O)C1CC1. The van der Waals surface area contributed by atoms with E-state index in [1.165, 1.54) is 0 Å². The van der Waals surface area contributed by atoms with Crippen molar-refractivity contribution >= 4 is 32.2 Å². The quantitative estimate of drug-likeness (QED) is 0.842. The van der Waals surface area contributed by atoms with Gasteiger partial charge < -0.3 is 11.1 Å². The third-order valence-corrected chi connectivity index (χ3v) is 7.47. The molecule has 1 aliphatic rings. The first-order valence-electron chi connectivity index (χ1n) is 6.89. The molecule has 0 amide bonds. The third-order valence-electron chi connectivity index (χ3n) is 4.19. The molecule has 0 aromatic carbocycles. The van der Waals surface area contributed by atoms with Crippen molar-refractivity contribution in [3.8, 4) is 0 Å². The van der Waals surface area contributed by atoms with Gasteiger partial charge in [0.15, 0.2) is 15.7 Å². The monoisotopic (exact) mass is 317 g/mol. The number of aromatic nitrogens is 1. The molecule has 0 aliphatic heterocycles. The van der Waals surface area contributed by atoms with E-state index in [1.807, 2.05) is 0 Å². The van der Waals surface area contributed by atoms with Crippen LogP contribution in [-0.4, -0.2) is 24.6 Å². The van der Waals surface area contributed by atoms with Crippen LogP contribution >= 0.6 is 11.5 Å². The zero-order chi connectivity index (χ0) is 15.1. The number of hydrogen-bond donors (Lipinski definition) is 2. The van der Waals surface area contributed by atoms with Crippen molar-refractivity contribution < 1.29 is 8.42 Å². The molecule has 0 saturated heterocycles. The summed E-state index contributed by atoms with van der Waals surface area (Å²) in [6, 6.07) is 0. The number of nitrogens with zero attached hydrogens (tertiary/aromatic N) is 1. The van der Waals surface area contributed by atoms with Crippen LogP contribution in [-0.2, 0) is 9.84 Å². The van der Waals surface area contributed by atoms with E-state index in [1.54, 1.807) is 0 Å². The maximum Gasteiger partial charge on any atom is 0.187 e. The molecule has 3 N–H and O–H groups in total. The highest BCUT2D eigenvalue weighted by molar-refractivity contribution is 7.92. The molecule has 5 nitrogen and oxygen atoms in total. The minimum Gasteiger partial charge on any atom is -0.382 e. The molecule has 0 radical (unpaired) electrons. The lowest BCUT2D eigenvalue weighted by Crippen LogP contribution is -2.28. The van der Waals surface area contributed by atoms with Gasteiger partial charge >= 0.3 is 0 Å². The molecule has 1 aromatic rings. The van der Waals surface area contributed by atoms with Gasteiger partial charge in [0.25, 0.3) is 0 Å². The van der Waals surface area contributed by atoms with Crippen molar-refractivity contribution in [3.63, 3.8) is 0 Å². The molecule has 0 spiro atoms. The topological polar surface area (TPSA) is 85.1 Å². The van der Waals surface area contributed by atoms with E-state index in [9.17, 15) is 8.42 Å². The summed E-state index contributed by atoms with van der Waals surface area (Å²) in [5, 5.41) is 3.56. The van der Waals surface area contributed by atoms with E-state index in [0.717, 1.165) is 24.4 Å². The molecule has 0 bridgehead atoms. The Bertz CT molecular complexity index is 587. The van der Waals surface area contributed by atoms with Crippen LogP contribution in [0.1, 0.15) is 40.5 Å². The second kappa shape index (κ2) is 5.18. The lowest BCUT2D eigenvalue weighted by molar-refractivity contribution is 0.270. The van der Waals surface area contributed by atoms with Gasteiger partial charge in [0.1, 0.15) is 9.90 Å². The van der Waals surface area contributed by atoms with Crippen LogP contribution < -0.4 is 11.1 Å². The highest BCUT2D eigenvalue weighted by Gasteiger charge is 2.41. The number of anilines is 2. The molecule has 1 aliphatic carbocycles. The second-order valence-electron chi connectivity index (χ2n) is 6.47. The predicted molar refractivity (Wildman–Crippen MR) is 83.8 cm³/mol. The van der Waals surface area contributed by atoms with Gasteiger partial charge in [0.05, 0.1) is 5.25 Å². The van der Waals surface area contributed by atoms with E-state index in [-0.39, 0.29) is 21.4 Å². The average molecular weight is 317 g/mol. The summed E-state index contributed by atoms with van der Waals surface area (Å²) in [6.45, 7) is 9.32. The fourth-order valence-corrected chi connectivity index (χ4v) is 4.62. The standard InChI is InChI=1S/C13H23N3O2S2/c1-8(2)13(3,4)7-15-12-10(11(14)16-19-12)20(17,18)9-5-6-9/h8-9,15H,5-7H2,1-4H3,(H2,14,16). The van der Waals surface area contributed by atoms with Gasteiger partial charge in [-0.05, 0) is 35.7 Å². The van der Waals surface area contributed by atoms with Crippen LogP contribution in [0.25, 0.3) is 0 Å². The zero-order valence-corrected chi connectivity index (χ0v) is 14.1. The van der Waals surface area contributed by atoms with E-state index >= 15 is 0 Å². The Kier molecular flexibility index (Phi) is 4.03. The van der Waals surface area contributed by atoms with Gasteiger partial charge in [-0.1, -0.05) is 27.7 Å². The van der Waals surface area contributed by atoms with Crippen LogP contribution in [0, 0.1) is 11.3 Å². The number of nitrogens with one attached hydrogen (secondary N) is 1. The van der Waals surface area contributed by atoms with Crippen molar-refractivity contribution in [2.75, 3.05) is 17.6 Å². The molecule has 0 atom stereocenters. The van der Waals surface area contributed by atoms with Crippen LogP contribution in [0.4, 0.5) is 10.8 Å². The Morgan fingerprint density at radius 1 is 1.45 bits per heavy atom. The number of sulfone groups is 1. The fraction of sp³-hybridized carbons (Fsp3) is 0.769. The van der Waals surface area contributed by atoms with Crippen LogP contribution in [0.5, 0.6) is 0 Å². The maximum atomic E-state index is 12.4. The summed E-state index contributed by atoms with van der Waals surface area (Å²) < 4.78 is 28.8. The molecule has 2 rings (SSSR count). The summed E-state index contributed by atoms with van der Waals surface area (Å²) >= 11 is 1.14. The van der Waals surface area contributed by atoms with E-state index in [2.05, 4.69) is 37.4 Å². The molecule has 1 heterocycles. The first-order valence-corrected chi connectivity index (χ1v) is 9.21. The zero-order valence-electron chi connectivity index (χ0n) is 12.4. The lowest BCUT2D eigenvalue weighted by Gasteiger charge is -2.29. The Balaban J connectivity index is 2.22. The molecule has 7 heteroatoms. The van der Waals surface area contributed by atoms with E-state index < -0.39 is 9.84 Å². The summed E-state index contributed by atoms with van der Waals surface area (Å²) in [6.07, 6.45) is 1.46.